The number of carbonyl (C=O) groups excluding carboxylic acids is 1. The smallest absolute Gasteiger partial charge is 0.355 e. The number of rotatable bonds is 9. The maximum Gasteiger partial charge on any atom is 0.355 e. The average molecular weight is 469 g/mol. The number of carbonyl (C=O) groups is 1. The molecule has 2 aromatic heterocycles. The van der Waals surface area contributed by atoms with Crippen LogP contribution in [0.1, 0.15) is 22.2 Å². The summed E-state index contributed by atoms with van der Waals surface area (Å²) in [7, 11) is -4.77. The van der Waals surface area contributed by atoms with E-state index in [1.54, 1.807) is 10.8 Å². The van der Waals surface area contributed by atoms with E-state index in [2.05, 4.69) is 20.3 Å². The van der Waals surface area contributed by atoms with E-state index in [0.717, 1.165) is 11.3 Å². The van der Waals surface area contributed by atoms with E-state index in [4.69, 9.17) is 4.74 Å². The molecule has 1 amide bonds. The zero-order valence-electron chi connectivity index (χ0n) is 16.1. The molecular weight excluding hydrogens is 452 g/mol. The largest absolute Gasteiger partial charge is 0.477 e. The van der Waals surface area contributed by atoms with Crippen molar-refractivity contribution in [2.45, 2.75) is 19.2 Å². The molecule has 0 unspecified atom stereocenters. The van der Waals surface area contributed by atoms with Crippen molar-refractivity contribution in [3.63, 3.8) is 0 Å². The lowest BCUT2D eigenvalue weighted by Crippen LogP contribution is -2.22. The Kier molecular flexibility index (Phi) is 7.07. The first-order chi connectivity index (χ1) is 14.8. The van der Waals surface area contributed by atoms with E-state index < -0.39 is 21.7 Å². The van der Waals surface area contributed by atoms with Gasteiger partial charge in [0.2, 0.25) is 5.88 Å². The molecular formula is C18H17F2N5O4S2. The summed E-state index contributed by atoms with van der Waals surface area (Å²) in [4.78, 5) is 25.2. The Morgan fingerprint density at radius 1 is 1.26 bits per heavy atom. The van der Waals surface area contributed by atoms with Gasteiger partial charge in [0.25, 0.3) is 15.9 Å². The summed E-state index contributed by atoms with van der Waals surface area (Å²) < 4.78 is 54.7. The molecule has 0 saturated carbocycles. The number of sulfonamides is 1. The van der Waals surface area contributed by atoms with Gasteiger partial charge in [0, 0.05) is 12.2 Å². The summed E-state index contributed by atoms with van der Waals surface area (Å²) >= 11 is 1.11. The molecule has 0 aliphatic rings. The highest BCUT2D eigenvalue weighted by atomic mass is 32.2. The quantitative estimate of drug-likeness (QED) is 0.494. The molecule has 164 valence electrons. The first-order valence-electron chi connectivity index (χ1n) is 8.86. The number of hydrogen-bond acceptors (Lipinski definition) is 8. The minimum Gasteiger partial charge on any atom is -0.477 e. The lowest BCUT2D eigenvalue weighted by atomic mass is 10.2. The molecule has 2 heterocycles. The summed E-state index contributed by atoms with van der Waals surface area (Å²) in [5.41, 5.74) is 0.955. The standard InChI is InChI=1S/C18H17F2N5O4S2/c1-2-29-15-10-21-8-13(24-15)17-23-9-14(30-17)16(26)22-7-11-4-3-5-12(6-11)25-31(27,28)18(19)20/h3-6,8-10,18,25H,2,7H2,1H3,(H,22,26). The molecule has 31 heavy (non-hydrogen) atoms. The number of aromatic nitrogens is 3. The zero-order valence-corrected chi connectivity index (χ0v) is 17.7. The van der Waals surface area contributed by atoms with Crippen molar-refractivity contribution in [3.8, 4) is 16.6 Å². The highest BCUT2D eigenvalue weighted by Gasteiger charge is 2.23. The normalized spacial score (nSPS) is 11.4. The summed E-state index contributed by atoms with van der Waals surface area (Å²) in [6.07, 6.45) is 4.39. The molecule has 0 fully saturated rings. The van der Waals surface area contributed by atoms with E-state index in [1.807, 2.05) is 6.92 Å². The number of halogens is 2. The number of ether oxygens (including phenoxy) is 1. The first kappa shape index (κ1) is 22.5. The Morgan fingerprint density at radius 2 is 2.06 bits per heavy atom. The Balaban J connectivity index is 1.64. The molecule has 0 radical (unpaired) electrons. The number of alkyl halides is 2. The molecule has 0 bridgehead atoms. The van der Waals surface area contributed by atoms with Crippen molar-refractivity contribution < 1.29 is 26.7 Å². The third-order valence-electron chi connectivity index (χ3n) is 3.73. The fourth-order valence-corrected chi connectivity index (χ4v) is 3.72. The minimum atomic E-state index is -4.77. The van der Waals surface area contributed by atoms with Crippen LogP contribution < -0.4 is 14.8 Å². The van der Waals surface area contributed by atoms with Crippen molar-refractivity contribution >= 4 is 33.0 Å². The van der Waals surface area contributed by atoms with Gasteiger partial charge in [-0.15, -0.1) is 11.3 Å². The number of benzene rings is 1. The van der Waals surface area contributed by atoms with Gasteiger partial charge in [-0.05, 0) is 24.6 Å². The fraction of sp³-hybridized carbons (Fsp3) is 0.222. The van der Waals surface area contributed by atoms with Crippen LogP contribution in [-0.2, 0) is 16.6 Å². The molecule has 0 atom stereocenters. The number of amides is 1. The molecule has 0 saturated heterocycles. The fourth-order valence-electron chi connectivity index (χ4n) is 2.39. The SMILES string of the molecule is CCOc1cncc(-c2ncc(C(=O)NCc3cccc(NS(=O)(=O)C(F)F)c3)s2)n1. The lowest BCUT2D eigenvalue weighted by Gasteiger charge is -2.09. The molecule has 3 rings (SSSR count). The summed E-state index contributed by atoms with van der Waals surface area (Å²) in [6.45, 7) is 2.31. The molecule has 13 heteroatoms. The molecule has 0 spiro atoms. The molecule has 0 aliphatic carbocycles. The predicted octanol–water partition coefficient (Wildman–Crippen LogP) is 2.89. The van der Waals surface area contributed by atoms with E-state index in [9.17, 15) is 22.0 Å². The van der Waals surface area contributed by atoms with Crippen LogP contribution in [0.5, 0.6) is 5.88 Å². The number of hydrogen-bond donors (Lipinski definition) is 2. The van der Waals surface area contributed by atoms with Gasteiger partial charge in [-0.1, -0.05) is 12.1 Å². The third-order valence-corrected chi connectivity index (χ3v) is 5.74. The summed E-state index contributed by atoms with van der Waals surface area (Å²) in [5, 5.41) is 3.16. The summed E-state index contributed by atoms with van der Waals surface area (Å²) in [6, 6.07) is 5.79. The van der Waals surface area contributed by atoms with Crippen molar-refractivity contribution in [2.75, 3.05) is 11.3 Å². The number of thiazole rings is 1. The monoisotopic (exact) mass is 469 g/mol. The maximum atomic E-state index is 12.5. The maximum absolute atomic E-state index is 12.5. The van der Waals surface area contributed by atoms with Crippen molar-refractivity contribution in [1.82, 2.24) is 20.3 Å². The Hall–Kier alpha value is -3.19. The van der Waals surface area contributed by atoms with Gasteiger partial charge in [0.15, 0.2) is 0 Å². The number of anilines is 1. The molecule has 0 aliphatic heterocycles. The topological polar surface area (TPSA) is 123 Å². The highest BCUT2D eigenvalue weighted by molar-refractivity contribution is 7.93. The first-order valence-corrected chi connectivity index (χ1v) is 11.2. The molecule has 1 aromatic carbocycles. The lowest BCUT2D eigenvalue weighted by molar-refractivity contribution is 0.0954. The average Bonchev–Trinajstić information content (AvgIpc) is 3.23. The van der Waals surface area contributed by atoms with Crippen LogP contribution in [0, 0.1) is 0 Å². The van der Waals surface area contributed by atoms with Crippen LogP contribution in [0.25, 0.3) is 10.7 Å². The van der Waals surface area contributed by atoms with Gasteiger partial charge < -0.3 is 10.1 Å². The van der Waals surface area contributed by atoms with Gasteiger partial charge in [0.1, 0.15) is 15.6 Å². The van der Waals surface area contributed by atoms with Crippen LogP contribution >= 0.6 is 11.3 Å². The number of nitrogens with one attached hydrogen (secondary N) is 2. The second-order valence-electron chi connectivity index (χ2n) is 6.00. The zero-order chi connectivity index (χ0) is 22.4. The highest BCUT2D eigenvalue weighted by Crippen LogP contribution is 2.24. The van der Waals surface area contributed by atoms with Crippen molar-refractivity contribution in [1.29, 1.82) is 0 Å². The van der Waals surface area contributed by atoms with Crippen LogP contribution in [0.15, 0.2) is 42.9 Å². The van der Waals surface area contributed by atoms with Crippen molar-refractivity contribution in [2.24, 2.45) is 0 Å². The predicted molar refractivity (Wildman–Crippen MR) is 110 cm³/mol. The number of nitrogens with zero attached hydrogens (tertiary/aromatic N) is 3. The van der Waals surface area contributed by atoms with Gasteiger partial charge in [0.05, 0.1) is 25.2 Å². The summed E-state index contributed by atoms with van der Waals surface area (Å²) in [5.74, 6) is -3.60. The molecule has 2 N–H and O–H groups in total. The van der Waals surface area contributed by atoms with Crippen molar-refractivity contribution in [3.05, 3.63) is 53.3 Å². The van der Waals surface area contributed by atoms with Crippen LogP contribution in [0.3, 0.4) is 0 Å². The second-order valence-corrected chi connectivity index (χ2v) is 8.68. The van der Waals surface area contributed by atoms with E-state index in [-0.39, 0.29) is 12.2 Å². The second kappa shape index (κ2) is 9.75. The third kappa shape index (κ3) is 5.92. The Labute approximate surface area is 180 Å². The van der Waals surface area contributed by atoms with Crippen LogP contribution in [0.2, 0.25) is 0 Å². The van der Waals surface area contributed by atoms with Gasteiger partial charge in [-0.2, -0.15) is 8.78 Å². The van der Waals surface area contributed by atoms with E-state index in [1.165, 1.54) is 36.8 Å². The van der Waals surface area contributed by atoms with Crippen LogP contribution in [0.4, 0.5) is 14.5 Å². The Bertz CT molecular complexity index is 1170. The Morgan fingerprint density at radius 3 is 2.81 bits per heavy atom. The molecule has 3 aromatic rings. The van der Waals surface area contributed by atoms with Gasteiger partial charge >= 0.3 is 5.76 Å². The van der Waals surface area contributed by atoms with Crippen LogP contribution in [-0.4, -0.2) is 41.6 Å². The van der Waals surface area contributed by atoms with Gasteiger partial charge in [-0.3, -0.25) is 14.5 Å². The minimum absolute atomic E-state index is 0.0279. The van der Waals surface area contributed by atoms with E-state index in [0.29, 0.717) is 33.6 Å². The van der Waals surface area contributed by atoms with E-state index >= 15 is 0 Å². The van der Waals surface area contributed by atoms with Gasteiger partial charge in [-0.25, -0.2) is 18.4 Å². The molecule has 9 nitrogen and oxygen atoms in total.